The molecule has 0 amide bonds. The largest absolute Gasteiger partial charge is 0.508 e. The van der Waals surface area contributed by atoms with E-state index in [-0.39, 0.29) is 12.3 Å². The normalized spacial score (nSPS) is 10.8. The number of hydrogen-bond donors (Lipinski definition) is 2. The van der Waals surface area contributed by atoms with Crippen LogP contribution in [0.2, 0.25) is 0 Å². The average molecular weight is 237 g/mol. The van der Waals surface area contributed by atoms with Crippen molar-refractivity contribution in [2.45, 2.75) is 26.8 Å². The summed E-state index contributed by atoms with van der Waals surface area (Å²) in [6, 6.07) is 5.34. The van der Waals surface area contributed by atoms with Gasteiger partial charge in [0, 0.05) is 12.1 Å². The zero-order valence-electron chi connectivity index (χ0n) is 10.3. The Kier molecular flexibility index (Phi) is 4.97. The number of hydrogen-bond acceptors (Lipinski definition) is 3. The molecule has 0 aromatic heterocycles. The fourth-order valence-electron chi connectivity index (χ4n) is 1.84. The van der Waals surface area contributed by atoms with Gasteiger partial charge in [-0.3, -0.25) is 9.69 Å². The van der Waals surface area contributed by atoms with Crippen LogP contribution in [0.15, 0.2) is 18.2 Å². The second kappa shape index (κ2) is 6.25. The number of phenolic OH excluding ortho intramolecular Hbond substituents is 1. The topological polar surface area (TPSA) is 60.8 Å². The van der Waals surface area contributed by atoms with E-state index in [2.05, 4.69) is 0 Å². The molecule has 4 heteroatoms. The number of carboxylic acid groups (broad SMARTS) is 1. The van der Waals surface area contributed by atoms with Gasteiger partial charge in [-0.05, 0) is 31.5 Å². The van der Waals surface area contributed by atoms with Gasteiger partial charge in [0.05, 0.1) is 6.54 Å². The molecule has 0 radical (unpaired) electrons. The molecule has 2 N–H and O–H groups in total. The highest BCUT2D eigenvalue weighted by Crippen LogP contribution is 2.22. The summed E-state index contributed by atoms with van der Waals surface area (Å²) >= 11 is 0. The van der Waals surface area contributed by atoms with Crippen LogP contribution in [-0.2, 0) is 11.3 Å². The van der Waals surface area contributed by atoms with Gasteiger partial charge in [-0.15, -0.1) is 0 Å². The molecular weight excluding hydrogens is 218 g/mol. The minimum Gasteiger partial charge on any atom is -0.508 e. The number of rotatable bonds is 6. The van der Waals surface area contributed by atoms with E-state index in [4.69, 9.17) is 5.11 Å². The zero-order chi connectivity index (χ0) is 12.8. The van der Waals surface area contributed by atoms with E-state index in [0.29, 0.717) is 13.1 Å². The van der Waals surface area contributed by atoms with Crippen LogP contribution in [0.3, 0.4) is 0 Å². The molecule has 0 heterocycles. The van der Waals surface area contributed by atoms with Crippen molar-refractivity contribution in [1.29, 1.82) is 0 Å². The van der Waals surface area contributed by atoms with Gasteiger partial charge in [-0.25, -0.2) is 0 Å². The van der Waals surface area contributed by atoms with Crippen molar-refractivity contribution in [3.05, 3.63) is 29.3 Å². The third-order valence-corrected chi connectivity index (χ3v) is 2.67. The molecule has 0 aliphatic rings. The Morgan fingerprint density at radius 2 is 2.12 bits per heavy atom. The summed E-state index contributed by atoms with van der Waals surface area (Å²) in [6.45, 7) is 5.10. The van der Waals surface area contributed by atoms with Crippen molar-refractivity contribution in [3.8, 4) is 5.75 Å². The highest BCUT2D eigenvalue weighted by molar-refractivity contribution is 5.69. The monoisotopic (exact) mass is 237 g/mol. The Morgan fingerprint density at radius 1 is 1.41 bits per heavy atom. The maximum atomic E-state index is 10.7. The third-order valence-electron chi connectivity index (χ3n) is 2.67. The third kappa shape index (κ3) is 4.07. The van der Waals surface area contributed by atoms with Gasteiger partial charge < -0.3 is 10.2 Å². The summed E-state index contributed by atoms with van der Waals surface area (Å²) < 4.78 is 0. The fraction of sp³-hybridized carbons (Fsp3) is 0.462. The maximum absolute atomic E-state index is 10.7. The Morgan fingerprint density at radius 3 is 2.65 bits per heavy atom. The number of aliphatic carboxylic acids is 1. The first kappa shape index (κ1) is 13.5. The quantitative estimate of drug-likeness (QED) is 0.794. The molecule has 0 fully saturated rings. The zero-order valence-corrected chi connectivity index (χ0v) is 10.3. The number of benzene rings is 1. The number of aryl methyl sites for hydroxylation is 1. The first-order chi connectivity index (χ1) is 8.04. The Bertz CT molecular complexity index is 370. The van der Waals surface area contributed by atoms with Crippen LogP contribution in [0.25, 0.3) is 0 Å². The van der Waals surface area contributed by atoms with Crippen LogP contribution in [0.4, 0.5) is 0 Å². The van der Waals surface area contributed by atoms with Crippen LogP contribution >= 0.6 is 0 Å². The number of carbonyl (C=O) groups is 1. The number of phenols is 1. The fourth-order valence-corrected chi connectivity index (χ4v) is 1.84. The van der Waals surface area contributed by atoms with E-state index in [0.717, 1.165) is 17.5 Å². The van der Waals surface area contributed by atoms with Crippen molar-refractivity contribution in [2.75, 3.05) is 13.1 Å². The first-order valence-electron chi connectivity index (χ1n) is 5.76. The van der Waals surface area contributed by atoms with Gasteiger partial charge in [0.2, 0.25) is 0 Å². The van der Waals surface area contributed by atoms with Gasteiger partial charge in [-0.1, -0.05) is 19.1 Å². The van der Waals surface area contributed by atoms with Gasteiger partial charge in [0.15, 0.2) is 0 Å². The smallest absolute Gasteiger partial charge is 0.317 e. The summed E-state index contributed by atoms with van der Waals surface area (Å²) in [5, 5.41) is 18.6. The Balaban J connectivity index is 2.81. The van der Waals surface area contributed by atoms with Crippen molar-refractivity contribution in [1.82, 2.24) is 4.90 Å². The number of carboxylic acids is 1. The van der Waals surface area contributed by atoms with Crippen LogP contribution in [-0.4, -0.2) is 34.2 Å². The molecule has 0 saturated heterocycles. The number of aromatic hydroxyl groups is 1. The molecule has 94 valence electrons. The minimum absolute atomic E-state index is 0.00160. The second-order valence-electron chi connectivity index (χ2n) is 4.18. The predicted octanol–water partition coefficient (Wildman–Crippen LogP) is 2.00. The molecule has 0 bridgehead atoms. The second-order valence-corrected chi connectivity index (χ2v) is 4.18. The molecule has 0 aliphatic heterocycles. The van der Waals surface area contributed by atoms with Gasteiger partial charge in [0.1, 0.15) is 5.75 Å². The van der Waals surface area contributed by atoms with E-state index < -0.39 is 5.97 Å². The Labute approximate surface area is 101 Å². The molecule has 0 spiro atoms. The van der Waals surface area contributed by atoms with Crippen molar-refractivity contribution < 1.29 is 15.0 Å². The van der Waals surface area contributed by atoms with E-state index >= 15 is 0 Å². The molecule has 4 nitrogen and oxygen atoms in total. The van der Waals surface area contributed by atoms with Crippen LogP contribution in [0, 0.1) is 6.92 Å². The van der Waals surface area contributed by atoms with Gasteiger partial charge >= 0.3 is 5.97 Å². The van der Waals surface area contributed by atoms with Crippen molar-refractivity contribution in [3.63, 3.8) is 0 Å². The molecule has 0 atom stereocenters. The molecule has 0 aliphatic carbocycles. The van der Waals surface area contributed by atoms with E-state index in [1.165, 1.54) is 0 Å². The minimum atomic E-state index is -0.841. The summed E-state index contributed by atoms with van der Waals surface area (Å²) in [4.78, 5) is 12.6. The highest BCUT2D eigenvalue weighted by atomic mass is 16.4. The molecular formula is C13H19NO3. The average Bonchev–Trinajstić information content (AvgIpc) is 2.23. The molecule has 0 unspecified atom stereocenters. The SMILES string of the molecule is CCCN(CC(=O)O)Cc1c(C)cccc1O. The lowest BCUT2D eigenvalue weighted by atomic mass is 10.1. The lowest BCUT2D eigenvalue weighted by molar-refractivity contribution is -0.138. The maximum Gasteiger partial charge on any atom is 0.317 e. The van der Waals surface area contributed by atoms with Crippen LogP contribution < -0.4 is 0 Å². The molecule has 1 aromatic rings. The summed E-state index contributed by atoms with van der Waals surface area (Å²) in [5.41, 5.74) is 1.79. The lowest BCUT2D eigenvalue weighted by Gasteiger charge is -2.21. The predicted molar refractivity (Wildman–Crippen MR) is 66.0 cm³/mol. The van der Waals surface area contributed by atoms with E-state index in [9.17, 15) is 9.90 Å². The molecule has 0 saturated carbocycles. The lowest BCUT2D eigenvalue weighted by Crippen LogP contribution is -2.30. The van der Waals surface area contributed by atoms with Crippen LogP contribution in [0.5, 0.6) is 5.75 Å². The van der Waals surface area contributed by atoms with Gasteiger partial charge in [-0.2, -0.15) is 0 Å². The van der Waals surface area contributed by atoms with Gasteiger partial charge in [0.25, 0.3) is 0 Å². The molecule has 17 heavy (non-hydrogen) atoms. The standard InChI is InChI=1S/C13H19NO3/c1-3-7-14(9-13(16)17)8-11-10(2)5-4-6-12(11)15/h4-6,15H,3,7-9H2,1-2H3,(H,16,17). The molecule has 1 aromatic carbocycles. The number of nitrogens with zero attached hydrogens (tertiary/aromatic N) is 1. The summed E-state index contributed by atoms with van der Waals surface area (Å²) in [7, 11) is 0. The summed E-state index contributed by atoms with van der Waals surface area (Å²) in [5.74, 6) is -0.608. The van der Waals surface area contributed by atoms with Crippen molar-refractivity contribution >= 4 is 5.97 Å². The van der Waals surface area contributed by atoms with E-state index in [1.807, 2.05) is 24.8 Å². The van der Waals surface area contributed by atoms with Crippen molar-refractivity contribution in [2.24, 2.45) is 0 Å². The highest BCUT2D eigenvalue weighted by Gasteiger charge is 2.13. The summed E-state index contributed by atoms with van der Waals surface area (Å²) in [6.07, 6.45) is 0.889. The van der Waals surface area contributed by atoms with Crippen LogP contribution in [0.1, 0.15) is 24.5 Å². The first-order valence-corrected chi connectivity index (χ1v) is 5.76. The van der Waals surface area contributed by atoms with E-state index in [1.54, 1.807) is 12.1 Å². The Hall–Kier alpha value is -1.55. The molecule has 1 rings (SSSR count).